The number of piperazine rings is 1. The topological polar surface area (TPSA) is 35.2 Å². The van der Waals surface area contributed by atoms with Gasteiger partial charge in [0.1, 0.15) is 0 Å². The molecule has 0 aliphatic carbocycles. The number of hydrogen-bond donors (Lipinski definition) is 1. The van der Waals surface area contributed by atoms with Crippen LogP contribution in [0.15, 0.2) is 36.5 Å². The third kappa shape index (κ3) is 2.96. The summed E-state index contributed by atoms with van der Waals surface area (Å²) in [7, 11) is 0. The standard InChI is InChI=1S/C15H20N4/c1-13-2-4-15(5-3-13)19-10-8-18(9-11-19)12-14-6-7-16-17-14/h2-7H,8-12H2,1H3,(H,16,17). The molecule has 1 aromatic heterocycles. The van der Waals surface area contributed by atoms with Crippen LogP contribution >= 0.6 is 0 Å². The molecule has 0 spiro atoms. The second-order valence-electron chi connectivity index (χ2n) is 5.18. The third-order valence-electron chi connectivity index (χ3n) is 3.72. The van der Waals surface area contributed by atoms with E-state index in [1.54, 1.807) is 0 Å². The van der Waals surface area contributed by atoms with Gasteiger partial charge in [-0.2, -0.15) is 5.10 Å². The van der Waals surface area contributed by atoms with E-state index in [9.17, 15) is 0 Å². The molecule has 2 heterocycles. The molecule has 0 bridgehead atoms. The van der Waals surface area contributed by atoms with Crippen LogP contribution in [0.2, 0.25) is 0 Å². The highest BCUT2D eigenvalue weighted by Crippen LogP contribution is 2.17. The molecule has 4 nitrogen and oxygen atoms in total. The van der Waals surface area contributed by atoms with E-state index in [-0.39, 0.29) is 0 Å². The van der Waals surface area contributed by atoms with E-state index >= 15 is 0 Å². The zero-order chi connectivity index (χ0) is 13.1. The average Bonchev–Trinajstić information content (AvgIpc) is 2.94. The fraction of sp³-hybridized carbons (Fsp3) is 0.400. The van der Waals surface area contributed by atoms with Gasteiger partial charge in [-0.15, -0.1) is 0 Å². The Morgan fingerprint density at radius 1 is 1.05 bits per heavy atom. The first-order valence-corrected chi connectivity index (χ1v) is 6.83. The van der Waals surface area contributed by atoms with Crippen molar-refractivity contribution in [1.29, 1.82) is 0 Å². The Labute approximate surface area is 114 Å². The molecule has 1 aromatic carbocycles. The number of aromatic amines is 1. The molecular weight excluding hydrogens is 236 g/mol. The van der Waals surface area contributed by atoms with Crippen molar-refractivity contribution in [1.82, 2.24) is 15.1 Å². The fourth-order valence-corrected chi connectivity index (χ4v) is 2.53. The number of aryl methyl sites for hydroxylation is 1. The highest BCUT2D eigenvalue weighted by Gasteiger charge is 2.17. The van der Waals surface area contributed by atoms with Gasteiger partial charge >= 0.3 is 0 Å². The van der Waals surface area contributed by atoms with Crippen LogP contribution in [-0.4, -0.2) is 41.3 Å². The lowest BCUT2D eigenvalue weighted by molar-refractivity contribution is 0.247. The zero-order valence-corrected chi connectivity index (χ0v) is 11.3. The summed E-state index contributed by atoms with van der Waals surface area (Å²) in [5.41, 5.74) is 3.86. The monoisotopic (exact) mass is 256 g/mol. The minimum absolute atomic E-state index is 0.974. The molecule has 0 atom stereocenters. The maximum absolute atomic E-state index is 4.00. The van der Waals surface area contributed by atoms with Gasteiger partial charge in [-0.05, 0) is 25.1 Å². The molecule has 1 aliphatic rings. The Morgan fingerprint density at radius 2 is 1.79 bits per heavy atom. The smallest absolute Gasteiger partial charge is 0.0492 e. The Balaban J connectivity index is 1.56. The molecule has 19 heavy (non-hydrogen) atoms. The first-order chi connectivity index (χ1) is 9.31. The molecule has 100 valence electrons. The normalized spacial score (nSPS) is 16.8. The number of benzene rings is 1. The molecule has 1 aliphatic heterocycles. The van der Waals surface area contributed by atoms with Crippen LogP contribution in [0.4, 0.5) is 5.69 Å². The maximum atomic E-state index is 4.00. The van der Waals surface area contributed by atoms with E-state index in [0.717, 1.165) is 32.7 Å². The largest absolute Gasteiger partial charge is 0.369 e. The number of nitrogens with zero attached hydrogens (tertiary/aromatic N) is 3. The van der Waals surface area contributed by atoms with Crippen LogP contribution in [0.3, 0.4) is 0 Å². The van der Waals surface area contributed by atoms with Crippen molar-refractivity contribution in [3.63, 3.8) is 0 Å². The SMILES string of the molecule is Cc1ccc(N2CCN(Cc3ccn[nH]3)CC2)cc1. The second-order valence-corrected chi connectivity index (χ2v) is 5.18. The van der Waals surface area contributed by atoms with Crippen LogP contribution in [0.5, 0.6) is 0 Å². The van der Waals surface area contributed by atoms with Crippen LogP contribution in [0.1, 0.15) is 11.3 Å². The van der Waals surface area contributed by atoms with Gasteiger partial charge in [0.25, 0.3) is 0 Å². The summed E-state index contributed by atoms with van der Waals surface area (Å²) in [6.07, 6.45) is 1.82. The number of aromatic nitrogens is 2. The summed E-state index contributed by atoms with van der Waals surface area (Å²) < 4.78 is 0. The van der Waals surface area contributed by atoms with Crippen LogP contribution in [-0.2, 0) is 6.54 Å². The van der Waals surface area contributed by atoms with Crippen LogP contribution in [0.25, 0.3) is 0 Å². The minimum Gasteiger partial charge on any atom is -0.369 e. The fourth-order valence-electron chi connectivity index (χ4n) is 2.53. The quantitative estimate of drug-likeness (QED) is 0.912. The lowest BCUT2D eigenvalue weighted by Gasteiger charge is -2.35. The summed E-state index contributed by atoms with van der Waals surface area (Å²) in [5.74, 6) is 0. The highest BCUT2D eigenvalue weighted by molar-refractivity contribution is 5.47. The third-order valence-corrected chi connectivity index (χ3v) is 3.72. The maximum Gasteiger partial charge on any atom is 0.0492 e. The summed E-state index contributed by atoms with van der Waals surface area (Å²) in [4.78, 5) is 4.93. The van der Waals surface area contributed by atoms with Crippen molar-refractivity contribution < 1.29 is 0 Å². The van der Waals surface area contributed by atoms with E-state index in [1.165, 1.54) is 16.9 Å². The molecule has 0 saturated carbocycles. The summed E-state index contributed by atoms with van der Waals surface area (Å²) in [5, 5.41) is 7.02. The van der Waals surface area contributed by atoms with Gasteiger partial charge in [0.15, 0.2) is 0 Å². The molecule has 2 aromatic rings. The lowest BCUT2D eigenvalue weighted by Crippen LogP contribution is -2.46. The van der Waals surface area contributed by atoms with Crippen molar-refractivity contribution in [2.45, 2.75) is 13.5 Å². The van der Waals surface area contributed by atoms with E-state index in [1.807, 2.05) is 12.3 Å². The number of H-pyrrole nitrogens is 1. The Kier molecular flexibility index (Phi) is 3.51. The minimum atomic E-state index is 0.974. The first kappa shape index (κ1) is 12.2. The Hall–Kier alpha value is -1.81. The van der Waals surface area contributed by atoms with Crippen LogP contribution < -0.4 is 4.90 Å². The molecule has 3 rings (SSSR count). The Bertz CT molecular complexity index is 495. The average molecular weight is 256 g/mol. The first-order valence-electron chi connectivity index (χ1n) is 6.83. The molecule has 4 heteroatoms. The zero-order valence-electron chi connectivity index (χ0n) is 11.3. The van der Waals surface area contributed by atoms with Gasteiger partial charge in [0.05, 0.1) is 0 Å². The second kappa shape index (κ2) is 5.45. The number of anilines is 1. The van der Waals surface area contributed by atoms with Gasteiger partial charge in [0, 0.05) is 50.3 Å². The molecule has 0 radical (unpaired) electrons. The predicted molar refractivity (Wildman–Crippen MR) is 77.3 cm³/mol. The molecule has 1 saturated heterocycles. The lowest BCUT2D eigenvalue weighted by atomic mass is 10.2. The number of rotatable bonds is 3. The van der Waals surface area contributed by atoms with Crippen molar-refractivity contribution in [2.75, 3.05) is 31.1 Å². The van der Waals surface area contributed by atoms with Gasteiger partial charge in [0.2, 0.25) is 0 Å². The van der Waals surface area contributed by atoms with Crippen molar-refractivity contribution in [3.8, 4) is 0 Å². The van der Waals surface area contributed by atoms with E-state index in [2.05, 4.69) is 51.2 Å². The predicted octanol–water partition coefficient (Wildman–Crippen LogP) is 2.04. The number of hydrogen-bond acceptors (Lipinski definition) is 3. The van der Waals surface area contributed by atoms with Gasteiger partial charge in [-0.25, -0.2) is 0 Å². The van der Waals surface area contributed by atoms with E-state index < -0.39 is 0 Å². The summed E-state index contributed by atoms with van der Waals surface area (Å²) in [6, 6.07) is 10.9. The van der Waals surface area contributed by atoms with Gasteiger partial charge in [-0.3, -0.25) is 10.00 Å². The number of nitrogens with one attached hydrogen (secondary N) is 1. The van der Waals surface area contributed by atoms with Crippen molar-refractivity contribution >= 4 is 5.69 Å². The van der Waals surface area contributed by atoms with Crippen molar-refractivity contribution in [3.05, 3.63) is 47.8 Å². The van der Waals surface area contributed by atoms with Crippen LogP contribution in [0, 0.1) is 6.92 Å². The van der Waals surface area contributed by atoms with Gasteiger partial charge in [-0.1, -0.05) is 17.7 Å². The Morgan fingerprint density at radius 3 is 2.42 bits per heavy atom. The van der Waals surface area contributed by atoms with E-state index in [4.69, 9.17) is 0 Å². The highest BCUT2D eigenvalue weighted by atomic mass is 15.3. The van der Waals surface area contributed by atoms with E-state index in [0.29, 0.717) is 0 Å². The van der Waals surface area contributed by atoms with Gasteiger partial charge < -0.3 is 4.90 Å². The molecule has 1 fully saturated rings. The molecule has 0 amide bonds. The molecule has 0 unspecified atom stereocenters. The molecule has 1 N–H and O–H groups in total. The summed E-state index contributed by atoms with van der Waals surface area (Å²) in [6.45, 7) is 7.50. The molecular formula is C15H20N4. The summed E-state index contributed by atoms with van der Waals surface area (Å²) >= 11 is 0. The van der Waals surface area contributed by atoms with Crippen molar-refractivity contribution in [2.24, 2.45) is 0 Å².